The van der Waals surface area contributed by atoms with Gasteiger partial charge in [0.15, 0.2) is 0 Å². The molecule has 14 heavy (non-hydrogen) atoms. The predicted octanol–water partition coefficient (Wildman–Crippen LogP) is 0.877. The molecule has 0 spiro atoms. The first-order chi connectivity index (χ1) is 6.67. The number of hydrogen-bond acceptors (Lipinski definition) is 3. The van der Waals surface area contributed by atoms with E-state index >= 15 is 0 Å². The van der Waals surface area contributed by atoms with Crippen LogP contribution in [0.25, 0.3) is 0 Å². The Hall–Kier alpha value is -0.610. The van der Waals surface area contributed by atoms with Gasteiger partial charge in [0, 0.05) is 0 Å². The fourth-order valence-corrected chi connectivity index (χ4v) is 1.56. The molecule has 1 amide bonds. The van der Waals surface area contributed by atoms with Crippen LogP contribution in [0.1, 0.15) is 39.5 Å². The normalized spacial score (nSPS) is 12.9. The lowest BCUT2D eigenvalue weighted by molar-refractivity contribution is -0.126. The molecule has 0 rings (SSSR count). The number of unbranched alkanes of at least 4 members (excludes halogenated alkanes) is 2. The average molecular weight is 201 g/mol. The molecule has 0 bridgehead atoms. The van der Waals surface area contributed by atoms with Crippen molar-refractivity contribution in [3.05, 3.63) is 0 Å². The molecule has 0 heterocycles. The zero-order chi connectivity index (χ0) is 11.0. The number of nitrogens with one attached hydrogen (secondary N) is 1. The largest absolute Gasteiger partial charge is 0.295 e. The molecule has 0 aromatic carbocycles. The van der Waals surface area contributed by atoms with Gasteiger partial charge in [-0.25, -0.2) is 5.84 Å². The van der Waals surface area contributed by atoms with E-state index in [1.165, 1.54) is 12.8 Å². The maximum absolute atomic E-state index is 11.3. The van der Waals surface area contributed by atoms with Crippen LogP contribution in [-0.4, -0.2) is 30.4 Å². The number of nitrogens with two attached hydrogens (primary N) is 1. The lowest BCUT2D eigenvalue weighted by Gasteiger charge is -2.25. The van der Waals surface area contributed by atoms with Gasteiger partial charge in [0.1, 0.15) is 0 Å². The molecule has 4 heteroatoms. The summed E-state index contributed by atoms with van der Waals surface area (Å²) >= 11 is 0. The minimum absolute atomic E-state index is 0.0862. The summed E-state index contributed by atoms with van der Waals surface area (Å²) in [6, 6.07) is -0.0862. The summed E-state index contributed by atoms with van der Waals surface area (Å²) in [6.45, 7) is 5.12. The molecule has 0 aromatic rings. The van der Waals surface area contributed by atoms with Gasteiger partial charge < -0.3 is 0 Å². The Morgan fingerprint density at radius 2 is 2.07 bits per heavy atom. The number of amides is 1. The van der Waals surface area contributed by atoms with Crippen LogP contribution in [0, 0.1) is 0 Å². The number of rotatable bonds is 7. The van der Waals surface area contributed by atoms with E-state index in [2.05, 4.69) is 17.2 Å². The molecule has 0 saturated heterocycles. The number of nitrogens with zero attached hydrogens (tertiary/aromatic N) is 1. The Morgan fingerprint density at radius 1 is 1.43 bits per heavy atom. The second kappa shape index (κ2) is 7.76. The van der Waals surface area contributed by atoms with Crippen LogP contribution in [0.15, 0.2) is 0 Å². The fourth-order valence-electron chi connectivity index (χ4n) is 1.56. The molecule has 0 aliphatic heterocycles. The van der Waals surface area contributed by atoms with Crippen molar-refractivity contribution < 1.29 is 4.79 Å². The van der Waals surface area contributed by atoms with Crippen LogP contribution in [0.2, 0.25) is 0 Å². The van der Waals surface area contributed by atoms with Crippen molar-refractivity contribution in [2.24, 2.45) is 5.84 Å². The number of hydrogen-bond donors (Lipinski definition) is 2. The zero-order valence-electron chi connectivity index (χ0n) is 9.55. The van der Waals surface area contributed by atoms with E-state index in [0.29, 0.717) is 0 Å². The average Bonchev–Trinajstić information content (AvgIpc) is 2.19. The summed E-state index contributed by atoms with van der Waals surface area (Å²) in [5.41, 5.74) is 2.21. The highest BCUT2D eigenvalue weighted by Gasteiger charge is 2.19. The number of carbonyl (C=O) groups is 1. The third-order valence-corrected chi connectivity index (χ3v) is 2.48. The van der Waals surface area contributed by atoms with E-state index in [4.69, 9.17) is 5.84 Å². The highest BCUT2D eigenvalue weighted by molar-refractivity contribution is 5.80. The molecule has 0 aliphatic carbocycles. The van der Waals surface area contributed by atoms with Crippen molar-refractivity contribution in [3.8, 4) is 0 Å². The van der Waals surface area contributed by atoms with E-state index in [9.17, 15) is 4.79 Å². The standard InChI is InChI=1S/C10H23N3O/c1-4-6-7-8-13(3)9(5-2)10(14)12-11/h9H,4-8,11H2,1-3H3,(H,12,14). The van der Waals surface area contributed by atoms with Gasteiger partial charge in [-0.2, -0.15) is 0 Å². The smallest absolute Gasteiger partial charge is 0.251 e. The number of carbonyl (C=O) groups excluding carboxylic acids is 1. The second-order valence-corrected chi connectivity index (χ2v) is 3.62. The number of hydrazine groups is 1. The molecule has 0 radical (unpaired) electrons. The van der Waals surface area contributed by atoms with Crippen LogP contribution in [0.5, 0.6) is 0 Å². The van der Waals surface area contributed by atoms with E-state index in [1.54, 1.807) is 0 Å². The van der Waals surface area contributed by atoms with Gasteiger partial charge in [0.05, 0.1) is 6.04 Å². The second-order valence-electron chi connectivity index (χ2n) is 3.62. The number of likely N-dealkylation sites (N-methyl/N-ethyl adjacent to an activating group) is 1. The van der Waals surface area contributed by atoms with E-state index in [1.807, 2.05) is 14.0 Å². The molecule has 1 unspecified atom stereocenters. The minimum atomic E-state index is -0.0912. The summed E-state index contributed by atoms with van der Waals surface area (Å²) < 4.78 is 0. The zero-order valence-corrected chi connectivity index (χ0v) is 9.55. The van der Waals surface area contributed by atoms with Gasteiger partial charge in [0.2, 0.25) is 0 Å². The predicted molar refractivity (Wildman–Crippen MR) is 58.6 cm³/mol. The Kier molecular flexibility index (Phi) is 7.42. The van der Waals surface area contributed by atoms with Gasteiger partial charge in [-0.1, -0.05) is 26.7 Å². The Bertz CT molecular complexity index is 161. The van der Waals surface area contributed by atoms with Crippen LogP contribution < -0.4 is 11.3 Å². The van der Waals surface area contributed by atoms with Crippen molar-refractivity contribution in [1.82, 2.24) is 10.3 Å². The monoisotopic (exact) mass is 201 g/mol. The Morgan fingerprint density at radius 3 is 2.50 bits per heavy atom. The molecule has 0 aliphatic rings. The SMILES string of the molecule is CCCCCN(C)C(CC)C(=O)NN. The molecule has 0 fully saturated rings. The van der Waals surface area contributed by atoms with E-state index in [0.717, 1.165) is 19.4 Å². The third kappa shape index (κ3) is 4.58. The summed E-state index contributed by atoms with van der Waals surface area (Å²) in [5.74, 6) is 5.02. The highest BCUT2D eigenvalue weighted by atomic mass is 16.2. The van der Waals surface area contributed by atoms with Crippen molar-refractivity contribution in [1.29, 1.82) is 0 Å². The van der Waals surface area contributed by atoms with Crippen molar-refractivity contribution in [3.63, 3.8) is 0 Å². The van der Waals surface area contributed by atoms with Gasteiger partial charge >= 0.3 is 0 Å². The van der Waals surface area contributed by atoms with Crippen molar-refractivity contribution in [2.45, 2.75) is 45.6 Å². The first kappa shape index (κ1) is 13.4. The van der Waals surface area contributed by atoms with E-state index in [-0.39, 0.29) is 11.9 Å². The topological polar surface area (TPSA) is 58.4 Å². The van der Waals surface area contributed by atoms with E-state index < -0.39 is 0 Å². The maximum atomic E-state index is 11.3. The molecule has 4 nitrogen and oxygen atoms in total. The molecule has 3 N–H and O–H groups in total. The van der Waals surface area contributed by atoms with Crippen LogP contribution in [-0.2, 0) is 4.79 Å². The van der Waals surface area contributed by atoms with Gasteiger partial charge in [-0.05, 0) is 26.4 Å². The lowest BCUT2D eigenvalue weighted by Crippen LogP contribution is -2.47. The first-order valence-corrected chi connectivity index (χ1v) is 5.38. The molecule has 0 aromatic heterocycles. The summed E-state index contributed by atoms with van der Waals surface area (Å²) in [6.07, 6.45) is 4.35. The fraction of sp³-hybridized carbons (Fsp3) is 0.900. The molecule has 1 atom stereocenters. The maximum Gasteiger partial charge on any atom is 0.251 e. The minimum Gasteiger partial charge on any atom is -0.295 e. The molecule has 0 saturated carbocycles. The molecule has 84 valence electrons. The summed E-state index contributed by atoms with van der Waals surface area (Å²) in [7, 11) is 1.97. The lowest BCUT2D eigenvalue weighted by atomic mass is 10.1. The van der Waals surface area contributed by atoms with Crippen LogP contribution in [0.4, 0.5) is 0 Å². The van der Waals surface area contributed by atoms with Crippen LogP contribution in [0.3, 0.4) is 0 Å². The van der Waals surface area contributed by atoms with Gasteiger partial charge in [-0.15, -0.1) is 0 Å². The summed E-state index contributed by atoms with van der Waals surface area (Å²) in [4.78, 5) is 13.4. The van der Waals surface area contributed by atoms with Gasteiger partial charge in [-0.3, -0.25) is 15.1 Å². The quantitative estimate of drug-likeness (QED) is 0.278. The van der Waals surface area contributed by atoms with Crippen molar-refractivity contribution in [2.75, 3.05) is 13.6 Å². The Labute approximate surface area is 86.8 Å². The highest BCUT2D eigenvalue weighted by Crippen LogP contribution is 2.04. The van der Waals surface area contributed by atoms with Crippen molar-refractivity contribution >= 4 is 5.91 Å². The molecular weight excluding hydrogens is 178 g/mol. The third-order valence-electron chi connectivity index (χ3n) is 2.48. The first-order valence-electron chi connectivity index (χ1n) is 5.38. The summed E-state index contributed by atoms with van der Waals surface area (Å²) in [5, 5.41) is 0. The van der Waals surface area contributed by atoms with Gasteiger partial charge in [0.25, 0.3) is 5.91 Å². The van der Waals surface area contributed by atoms with Crippen LogP contribution >= 0.6 is 0 Å². The Balaban J connectivity index is 3.91. The molecular formula is C10H23N3O.